The summed E-state index contributed by atoms with van der Waals surface area (Å²) < 4.78 is 0. The van der Waals surface area contributed by atoms with Gasteiger partial charge in [-0.2, -0.15) is 0 Å². The number of hydrogen-bond donors (Lipinski definition) is 0. The fourth-order valence-corrected chi connectivity index (χ4v) is 2.13. The van der Waals surface area contributed by atoms with Gasteiger partial charge in [0.1, 0.15) is 0 Å². The van der Waals surface area contributed by atoms with Crippen molar-refractivity contribution in [3.8, 4) is 0 Å². The Bertz CT molecular complexity index is 96.2. The maximum atomic E-state index is 2.41. The second-order valence-corrected chi connectivity index (χ2v) is 3.87. The van der Waals surface area contributed by atoms with E-state index >= 15 is 0 Å². The topological polar surface area (TPSA) is 0 Å². The van der Waals surface area contributed by atoms with Crippen LogP contribution in [-0.2, 0) is 0 Å². The first-order valence-corrected chi connectivity index (χ1v) is 5.19. The van der Waals surface area contributed by atoms with Crippen LogP contribution in [0.1, 0.15) is 58.8 Å². The zero-order valence-corrected chi connectivity index (χ0v) is 8.03. The van der Waals surface area contributed by atoms with Gasteiger partial charge in [0.2, 0.25) is 0 Å². The molecule has 1 fully saturated rings. The number of rotatable bonds is 1. The van der Waals surface area contributed by atoms with Crippen LogP contribution in [0.15, 0.2) is 0 Å². The predicted octanol–water partition coefficient (Wildman–Crippen LogP) is 3.96. The third-order valence-electron chi connectivity index (χ3n) is 3.04. The van der Waals surface area contributed by atoms with Gasteiger partial charge in [-0.1, -0.05) is 46.0 Å². The molecule has 0 heteroatoms. The average molecular weight is 153 g/mol. The third kappa shape index (κ3) is 2.84. The van der Waals surface area contributed by atoms with Crippen LogP contribution in [-0.4, -0.2) is 0 Å². The van der Waals surface area contributed by atoms with Crippen molar-refractivity contribution in [2.45, 2.75) is 58.8 Å². The molecule has 0 N–H and O–H groups in total. The molecule has 1 rings (SSSR count). The Morgan fingerprint density at radius 1 is 1.18 bits per heavy atom. The quantitative estimate of drug-likeness (QED) is 0.535. The Morgan fingerprint density at radius 3 is 2.64 bits per heavy atom. The highest BCUT2D eigenvalue weighted by Gasteiger charge is 2.16. The Labute approximate surface area is 71.4 Å². The van der Waals surface area contributed by atoms with Crippen molar-refractivity contribution in [2.75, 3.05) is 0 Å². The molecule has 1 aliphatic rings. The summed E-state index contributed by atoms with van der Waals surface area (Å²) in [5, 5.41) is 0. The summed E-state index contributed by atoms with van der Waals surface area (Å²) in [7, 11) is 0. The molecule has 0 aromatic rings. The average Bonchev–Trinajstić information content (AvgIpc) is 1.98. The summed E-state index contributed by atoms with van der Waals surface area (Å²) in [6.45, 7) is 4.72. The van der Waals surface area contributed by atoms with Gasteiger partial charge in [0.05, 0.1) is 0 Å². The minimum Gasteiger partial charge on any atom is -0.0648 e. The van der Waals surface area contributed by atoms with E-state index in [0.717, 1.165) is 5.92 Å². The molecule has 0 spiro atoms. The van der Waals surface area contributed by atoms with Gasteiger partial charge in [0, 0.05) is 0 Å². The van der Waals surface area contributed by atoms with E-state index in [-0.39, 0.29) is 0 Å². The van der Waals surface area contributed by atoms with Gasteiger partial charge in [-0.05, 0) is 24.7 Å². The molecule has 0 aromatic carbocycles. The lowest BCUT2D eigenvalue weighted by molar-refractivity contribution is 0.420. The lowest BCUT2D eigenvalue weighted by Crippen LogP contribution is -2.10. The van der Waals surface area contributed by atoms with Crippen LogP contribution in [0.5, 0.6) is 0 Å². The minimum absolute atomic E-state index is 0.917. The lowest BCUT2D eigenvalue weighted by Gasteiger charge is -2.24. The Morgan fingerprint density at radius 2 is 1.91 bits per heavy atom. The van der Waals surface area contributed by atoms with Crippen molar-refractivity contribution in [3.05, 3.63) is 5.92 Å². The van der Waals surface area contributed by atoms with E-state index in [0.29, 0.717) is 0 Å². The van der Waals surface area contributed by atoms with Gasteiger partial charge in [-0.25, -0.2) is 0 Å². The van der Waals surface area contributed by atoms with Crippen LogP contribution in [0.25, 0.3) is 0 Å². The molecule has 11 heavy (non-hydrogen) atoms. The van der Waals surface area contributed by atoms with Crippen molar-refractivity contribution >= 4 is 0 Å². The van der Waals surface area contributed by atoms with Crippen molar-refractivity contribution in [3.63, 3.8) is 0 Å². The molecule has 1 saturated carbocycles. The molecule has 0 bridgehead atoms. The van der Waals surface area contributed by atoms with Crippen molar-refractivity contribution in [2.24, 2.45) is 5.92 Å². The normalized spacial score (nSPS) is 29.5. The standard InChI is InChI=1S/C11H21/c1-3-11-9-7-5-4-6-8-10(11)2/h10H,3-9H2,1-2H3. The molecule has 1 radical (unpaired) electrons. The first kappa shape index (κ1) is 9.09. The minimum atomic E-state index is 0.917. The highest BCUT2D eigenvalue weighted by Crippen LogP contribution is 2.31. The molecule has 0 nitrogen and oxygen atoms in total. The monoisotopic (exact) mass is 153 g/mol. The molecule has 0 saturated heterocycles. The van der Waals surface area contributed by atoms with Crippen molar-refractivity contribution < 1.29 is 0 Å². The van der Waals surface area contributed by atoms with Gasteiger partial charge in [0.25, 0.3) is 0 Å². The third-order valence-corrected chi connectivity index (χ3v) is 3.04. The Kier molecular flexibility index (Phi) is 3.96. The fourth-order valence-electron chi connectivity index (χ4n) is 2.13. The highest BCUT2D eigenvalue weighted by molar-refractivity contribution is 4.93. The molecular formula is C11H21. The summed E-state index contributed by atoms with van der Waals surface area (Å²) in [4.78, 5) is 0. The highest BCUT2D eigenvalue weighted by atomic mass is 14.2. The molecule has 65 valence electrons. The van der Waals surface area contributed by atoms with Crippen molar-refractivity contribution in [1.29, 1.82) is 0 Å². The van der Waals surface area contributed by atoms with Crippen LogP contribution in [0, 0.1) is 11.8 Å². The van der Waals surface area contributed by atoms with Crippen LogP contribution in [0.4, 0.5) is 0 Å². The van der Waals surface area contributed by atoms with Crippen LogP contribution >= 0.6 is 0 Å². The van der Waals surface area contributed by atoms with E-state index < -0.39 is 0 Å². The van der Waals surface area contributed by atoms with Gasteiger partial charge in [0.15, 0.2) is 0 Å². The largest absolute Gasteiger partial charge is 0.0648 e. The second-order valence-electron chi connectivity index (χ2n) is 3.87. The summed E-state index contributed by atoms with van der Waals surface area (Å²) in [6, 6.07) is 0. The van der Waals surface area contributed by atoms with E-state index in [1.165, 1.54) is 44.9 Å². The zero-order chi connectivity index (χ0) is 8.10. The van der Waals surface area contributed by atoms with Crippen molar-refractivity contribution in [1.82, 2.24) is 0 Å². The molecule has 1 aliphatic carbocycles. The zero-order valence-electron chi connectivity index (χ0n) is 8.03. The van der Waals surface area contributed by atoms with E-state index in [4.69, 9.17) is 0 Å². The maximum absolute atomic E-state index is 2.41. The van der Waals surface area contributed by atoms with E-state index in [9.17, 15) is 0 Å². The summed E-state index contributed by atoms with van der Waals surface area (Å²) in [5.74, 6) is 2.74. The van der Waals surface area contributed by atoms with Gasteiger partial charge in [-0.3, -0.25) is 0 Å². The van der Waals surface area contributed by atoms with Crippen LogP contribution in [0.3, 0.4) is 0 Å². The van der Waals surface area contributed by atoms with E-state index in [1.807, 2.05) is 5.92 Å². The smallest absolute Gasteiger partial charge is 0.0215 e. The fraction of sp³-hybridized carbons (Fsp3) is 0.909. The van der Waals surface area contributed by atoms with Gasteiger partial charge >= 0.3 is 0 Å². The second kappa shape index (κ2) is 4.79. The molecule has 0 amide bonds. The van der Waals surface area contributed by atoms with Gasteiger partial charge in [-0.15, -0.1) is 0 Å². The van der Waals surface area contributed by atoms with E-state index in [2.05, 4.69) is 13.8 Å². The summed E-state index contributed by atoms with van der Waals surface area (Å²) in [6.07, 6.45) is 10.0. The molecule has 0 aliphatic heterocycles. The Balaban J connectivity index is 2.33. The molecule has 0 aromatic heterocycles. The lowest BCUT2D eigenvalue weighted by atomic mass is 9.81. The molecule has 1 atom stereocenters. The van der Waals surface area contributed by atoms with E-state index in [1.54, 1.807) is 0 Å². The number of hydrogen-bond acceptors (Lipinski definition) is 0. The molecule has 0 heterocycles. The SMILES string of the molecule is CC[C]1CCCCCCC1C. The molecule has 1 unspecified atom stereocenters. The molecular weight excluding hydrogens is 132 g/mol. The maximum Gasteiger partial charge on any atom is -0.0215 e. The summed E-state index contributed by atoms with van der Waals surface area (Å²) in [5.41, 5.74) is 0. The summed E-state index contributed by atoms with van der Waals surface area (Å²) >= 11 is 0. The first-order valence-electron chi connectivity index (χ1n) is 5.19. The van der Waals surface area contributed by atoms with Crippen LogP contribution < -0.4 is 0 Å². The Hall–Kier alpha value is 0. The van der Waals surface area contributed by atoms with Crippen LogP contribution in [0.2, 0.25) is 0 Å². The predicted molar refractivity (Wildman–Crippen MR) is 50.4 cm³/mol. The van der Waals surface area contributed by atoms with Gasteiger partial charge < -0.3 is 0 Å². The first-order chi connectivity index (χ1) is 5.34.